The van der Waals surface area contributed by atoms with Crippen LogP contribution in [0.4, 0.5) is 0 Å². The quantitative estimate of drug-likeness (QED) is 0.153. The first-order valence-electron chi connectivity index (χ1n) is 16.4. The Hall–Kier alpha value is -6.84. The normalized spacial score (nSPS) is 12.3. The number of aromatic nitrogens is 3. The summed E-state index contributed by atoms with van der Waals surface area (Å²) in [5, 5.41) is 27.1. The molecular formula is C44H32N6. The van der Waals surface area contributed by atoms with Gasteiger partial charge in [0.05, 0.1) is 23.1 Å². The molecule has 6 heteroatoms. The summed E-state index contributed by atoms with van der Waals surface area (Å²) in [6.45, 7) is 0. The monoisotopic (exact) mass is 644 g/mol. The van der Waals surface area contributed by atoms with Crippen LogP contribution in [-0.4, -0.2) is 26.4 Å². The molecule has 2 N–H and O–H groups in total. The summed E-state index contributed by atoms with van der Waals surface area (Å²) in [6, 6.07) is 43.6. The maximum atomic E-state index is 9.86. The smallest absolute Gasteiger partial charge is 0.164 e. The lowest BCUT2D eigenvalue weighted by atomic mass is 9.91. The standard InChI is InChI=1S/C44H32N6/c45-29-30-22-23-38(34-18-10-20-36(27-34)41(47)25-24-40(46)31-12-4-1-5-13-31)39(26-30)35-19-11-21-37(28-35)44-49-42(32-14-6-2-7-15-32)48-43(50-44)33-16-8-3-9-17-33/h2-4,6-28,46-47H,1,5H2/b25-24-,46-40?,47-41?. The molecule has 0 fully saturated rings. The number of rotatable bonds is 9. The van der Waals surface area contributed by atoms with Crippen LogP contribution in [0.2, 0.25) is 0 Å². The average molecular weight is 645 g/mol. The van der Waals surface area contributed by atoms with Crippen LogP contribution < -0.4 is 0 Å². The molecule has 7 rings (SSSR count). The van der Waals surface area contributed by atoms with Crippen molar-refractivity contribution in [2.75, 3.05) is 0 Å². The summed E-state index contributed by atoms with van der Waals surface area (Å²) in [7, 11) is 0. The van der Waals surface area contributed by atoms with Crippen molar-refractivity contribution in [3.8, 4) is 62.5 Å². The zero-order valence-corrected chi connectivity index (χ0v) is 27.2. The zero-order valence-electron chi connectivity index (χ0n) is 27.2. The lowest BCUT2D eigenvalue weighted by molar-refractivity contribution is 1.03. The summed E-state index contributed by atoms with van der Waals surface area (Å²) in [4.78, 5) is 14.7. The Kier molecular flexibility index (Phi) is 9.21. The number of nitrogens with zero attached hydrogens (tertiary/aromatic N) is 4. The molecule has 50 heavy (non-hydrogen) atoms. The Morgan fingerprint density at radius 3 is 1.78 bits per heavy atom. The lowest BCUT2D eigenvalue weighted by Gasteiger charge is -2.14. The van der Waals surface area contributed by atoms with Gasteiger partial charge in [-0.3, -0.25) is 0 Å². The molecule has 0 amide bonds. The van der Waals surface area contributed by atoms with E-state index in [-0.39, 0.29) is 0 Å². The van der Waals surface area contributed by atoms with Crippen molar-refractivity contribution < 1.29 is 0 Å². The van der Waals surface area contributed by atoms with Crippen molar-refractivity contribution in [3.05, 3.63) is 174 Å². The summed E-state index contributed by atoms with van der Waals surface area (Å²) in [5.74, 6) is 1.72. The fourth-order valence-corrected chi connectivity index (χ4v) is 5.89. The summed E-state index contributed by atoms with van der Waals surface area (Å²) >= 11 is 0. The Morgan fingerprint density at radius 1 is 0.560 bits per heavy atom. The van der Waals surface area contributed by atoms with E-state index in [0.29, 0.717) is 34.5 Å². The van der Waals surface area contributed by atoms with E-state index in [0.717, 1.165) is 62.9 Å². The zero-order chi connectivity index (χ0) is 34.3. The largest absolute Gasteiger partial charge is 0.300 e. The molecule has 6 nitrogen and oxygen atoms in total. The van der Waals surface area contributed by atoms with E-state index >= 15 is 0 Å². The van der Waals surface area contributed by atoms with E-state index in [9.17, 15) is 5.26 Å². The third-order valence-corrected chi connectivity index (χ3v) is 8.49. The summed E-state index contributed by atoms with van der Waals surface area (Å²) < 4.78 is 0. The second-order valence-electron chi connectivity index (χ2n) is 11.9. The summed E-state index contributed by atoms with van der Waals surface area (Å²) in [6.07, 6.45) is 11.4. The van der Waals surface area contributed by atoms with E-state index in [1.165, 1.54) is 0 Å². The number of nitrogens with one attached hydrogen (secondary N) is 2. The molecule has 0 atom stereocenters. The molecule has 0 radical (unpaired) electrons. The molecule has 0 saturated heterocycles. The Bertz CT molecular complexity index is 2300. The van der Waals surface area contributed by atoms with Crippen LogP contribution in [0.15, 0.2) is 163 Å². The molecule has 0 saturated carbocycles. The minimum Gasteiger partial charge on any atom is -0.300 e. The highest BCUT2D eigenvalue weighted by atomic mass is 15.0. The van der Waals surface area contributed by atoms with Gasteiger partial charge < -0.3 is 10.8 Å². The fourth-order valence-electron chi connectivity index (χ4n) is 5.89. The van der Waals surface area contributed by atoms with E-state index < -0.39 is 0 Å². The molecule has 0 bridgehead atoms. The van der Waals surface area contributed by atoms with Gasteiger partial charge in [0, 0.05) is 16.7 Å². The van der Waals surface area contributed by atoms with E-state index in [1.54, 1.807) is 12.2 Å². The summed E-state index contributed by atoms with van der Waals surface area (Å²) in [5.41, 5.74) is 9.09. The highest BCUT2D eigenvalue weighted by Gasteiger charge is 2.15. The van der Waals surface area contributed by atoms with Crippen LogP contribution in [0.5, 0.6) is 0 Å². The second-order valence-corrected chi connectivity index (χ2v) is 11.9. The van der Waals surface area contributed by atoms with Gasteiger partial charge in [0.2, 0.25) is 0 Å². The number of nitriles is 1. The maximum absolute atomic E-state index is 9.86. The van der Waals surface area contributed by atoms with Crippen molar-refractivity contribution in [3.63, 3.8) is 0 Å². The van der Waals surface area contributed by atoms with E-state index in [4.69, 9.17) is 25.8 Å². The molecule has 1 heterocycles. The maximum Gasteiger partial charge on any atom is 0.164 e. The van der Waals surface area contributed by atoms with E-state index in [2.05, 4.69) is 18.2 Å². The van der Waals surface area contributed by atoms with E-state index in [1.807, 2.05) is 133 Å². The van der Waals surface area contributed by atoms with Crippen molar-refractivity contribution >= 4 is 11.4 Å². The Balaban J connectivity index is 1.27. The molecule has 0 unspecified atom stereocenters. The van der Waals surface area contributed by atoms with Crippen molar-refractivity contribution in [2.24, 2.45) is 0 Å². The molecule has 0 spiro atoms. The molecule has 1 aliphatic carbocycles. The SMILES string of the molecule is N#Cc1ccc(-c2cccc(C(=N)/C=C\C(=N)C3=CCCC=C3)c2)c(-c2cccc(-c3nc(-c4ccccc4)nc(-c4ccccc4)n3)c2)c1. The minimum absolute atomic E-state index is 0.312. The Morgan fingerprint density at radius 2 is 1.14 bits per heavy atom. The van der Waals surface area contributed by atoms with Gasteiger partial charge in [0.25, 0.3) is 0 Å². The van der Waals surface area contributed by atoms with Crippen LogP contribution in [-0.2, 0) is 0 Å². The fraction of sp³-hybridized carbons (Fsp3) is 0.0455. The van der Waals surface area contributed by atoms with Gasteiger partial charge in [-0.25, -0.2) is 15.0 Å². The van der Waals surface area contributed by atoms with Gasteiger partial charge in [-0.05, 0) is 82.6 Å². The van der Waals surface area contributed by atoms with Crippen LogP contribution in [0, 0.1) is 22.1 Å². The molecular weight excluding hydrogens is 613 g/mol. The molecule has 5 aromatic carbocycles. The highest BCUT2D eigenvalue weighted by molar-refractivity contribution is 6.15. The first-order chi connectivity index (χ1) is 24.6. The topological polar surface area (TPSA) is 110 Å². The highest BCUT2D eigenvalue weighted by Crippen LogP contribution is 2.35. The lowest BCUT2D eigenvalue weighted by Crippen LogP contribution is -2.01. The molecule has 238 valence electrons. The first kappa shape index (κ1) is 31.7. The first-order valence-corrected chi connectivity index (χ1v) is 16.4. The van der Waals surface area contributed by atoms with Gasteiger partial charge in [-0.1, -0.05) is 121 Å². The molecule has 1 aliphatic rings. The van der Waals surface area contributed by atoms with Gasteiger partial charge in [0.15, 0.2) is 17.5 Å². The Labute approximate surface area is 291 Å². The third-order valence-electron chi connectivity index (χ3n) is 8.49. The third kappa shape index (κ3) is 7.03. The van der Waals surface area contributed by atoms with Crippen molar-refractivity contribution in [1.29, 1.82) is 16.1 Å². The molecule has 0 aliphatic heterocycles. The number of hydrogen-bond donors (Lipinski definition) is 2. The van der Waals surface area contributed by atoms with Crippen molar-refractivity contribution in [1.82, 2.24) is 15.0 Å². The predicted octanol–water partition coefficient (Wildman–Crippen LogP) is 10.3. The number of hydrogen-bond acceptors (Lipinski definition) is 6. The minimum atomic E-state index is 0.312. The number of benzene rings is 5. The molecule has 1 aromatic heterocycles. The van der Waals surface area contributed by atoms with Crippen LogP contribution >= 0.6 is 0 Å². The second kappa shape index (κ2) is 14.5. The average Bonchev–Trinajstić information content (AvgIpc) is 3.20. The van der Waals surface area contributed by atoms with Crippen molar-refractivity contribution in [2.45, 2.75) is 12.8 Å². The van der Waals surface area contributed by atoms with Gasteiger partial charge in [-0.15, -0.1) is 0 Å². The van der Waals surface area contributed by atoms with Gasteiger partial charge in [-0.2, -0.15) is 5.26 Å². The molecule has 6 aromatic rings. The predicted molar refractivity (Wildman–Crippen MR) is 202 cm³/mol. The van der Waals surface area contributed by atoms with Crippen LogP contribution in [0.25, 0.3) is 56.4 Å². The van der Waals surface area contributed by atoms with Gasteiger partial charge >= 0.3 is 0 Å². The van der Waals surface area contributed by atoms with Crippen LogP contribution in [0.3, 0.4) is 0 Å². The number of allylic oxidation sites excluding steroid dienone is 6. The van der Waals surface area contributed by atoms with Crippen LogP contribution in [0.1, 0.15) is 24.0 Å². The van der Waals surface area contributed by atoms with Gasteiger partial charge in [0.1, 0.15) is 0 Å².